The Hall–Kier alpha value is -3.26. The van der Waals surface area contributed by atoms with Gasteiger partial charge in [-0.25, -0.2) is 0 Å². The van der Waals surface area contributed by atoms with Crippen molar-refractivity contribution >= 4 is 13.6 Å². The maximum atomic E-state index is 8.00. The summed E-state index contributed by atoms with van der Waals surface area (Å²) >= 11 is 0. The van der Waals surface area contributed by atoms with Crippen molar-refractivity contribution in [2.75, 3.05) is 0 Å². The van der Waals surface area contributed by atoms with E-state index in [2.05, 4.69) is 83.5 Å². The van der Waals surface area contributed by atoms with Gasteiger partial charge < -0.3 is 9.59 Å². The highest BCUT2D eigenvalue weighted by molar-refractivity contribution is 5.21. The highest BCUT2D eigenvalue weighted by Gasteiger charge is 2.19. The zero-order chi connectivity index (χ0) is 30.2. The predicted octanol–water partition coefficient (Wildman–Crippen LogP) is 10.5. The van der Waals surface area contributed by atoms with Crippen LogP contribution in [0.2, 0.25) is 0 Å². The topological polar surface area (TPSA) is 34.1 Å². The SMILES string of the molecule is C=C.C=C/C=C(/C)C=C.C=O.C=O.CC.Cc1ccc(CC(C)C2CCCCC2)cc1.Cc1ccccc1. The van der Waals surface area contributed by atoms with Gasteiger partial charge in [-0.3, -0.25) is 0 Å². The molecule has 0 heterocycles. The maximum absolute atomic E-state index is 8.00. The summed E-state index contributed by atoms with van der Waals surface area (Å²) in [6, 6.07) is 19.3. The lowest BCUT2D eigenvalue weighted by atomic mass is 9.78. The highest BCUT2D eigenvalue weighted by atomic mass is 16.1. The van der Waals surface area contributed by atoms with Gasteiger partial charge in [0.25, 0.3) is 0 Å². The molecule has 0 bridgehead atoms. The molecule has 0 radical (unpaired) electrons. The molecule has 1 saturated carbocycles. The Labute approximate surface area is 236 Å². The molecule has 38 heavy (non-hydrogen) atoms. The Kier molecular flexibility index (Phi) is 37.2. The minimum atomic E-state index is 0.864. The third-order valence-electron chi connectivity index (χ3n) is 5.78. The Bertz CT molecular complexity index is 779. The molecule has 1 aliphatic rings. The first kappa shape index (κ1) is 41.9. The monoisotopic (exact) mass is 520 g/mol. The molecule has 2 aromatic carbocycles. The molecule has 2 aromatic rings. The molecule has 0 aliphatic heterocycles. The van der Waals surface area contributed by atoms with Crippen molar-refractivity contribution in [2.24, 2.45) is 11.8 Å². The molecule has 212 valence electrons. The summed E-state index contributed by atoms with van der Waals surface area (Å²) in [5.41, 5.74) is 5.36. The quantitative estimate of drug-likeness (QED) is 0.290. The number of allylic oxidation sites excluding steroid dienone is 4. The summed E-state index contributed by atoms with van der Waals surface area (Å²) in [5.74, 6) is 1.85. The lowest BCUT2D eigenvalue weighted by Crippen LogP contribution is -2.17. The summed E-state index contributed by atoms with van der Waals surface area (Å²) in [4.78, 5) is 16.0. The smallest absolute Gasteiger partial charge is 0.106 e. The van der Waals surface area contributed by atoms with Crippen LogP contribution in [0.25, 0.3) is 0 Å². The van der Waals surface area contributed by atoms with Crippen LogP contribution >= 0.6 is 0 Å². The zero-order valence-electron chi connectivity index (χ0n) is 25.4. The van der Waals surface area contributed by atoms with Gasteiger partial charge in [-0.05, 0) is 44.6 Å². The van der Waals surface area contributed by atoms with Gasteiger partial charge in [0, 0.05) is 0 Å². The van der Waals surface area contributed by atoms with Gasteiger partial charge in [-0.15, -0.1) is 13.2 Å². The molecule has 3 rings (SSSR count). The van der Waals surface area contributed by atoms with Crippen LogP contribution in [0.3, 0.4) is 0 Å². The van der Waals surface area contributed by atoms with Gasteiger partial charge in [0.1, 0.15) is 13.6 Å². The van der Waals surface area contributed by atoms with Crippen LogP contribution in [0.4, 0.5) is 0 Å². The van der Waals surface area contributed by atoms with E-state index in [4.69, 9.17) is 9.59 Å². The standard InChI is InChI=1S/C16H24.C7H8.C7H10.C2H6.C2H4.2CH2O/c1-13-8-10-15(11-9-13)12-14(2)16-6-4-3-5-7-16;1-7-5-3-2-4-6-7;1-4-6-7(3)5-2;4*1-2/h8-11,14,16H,3-7,12H2,1-2H3;2-6H,1H3;4-6H,1-2H2,3H3;1-2H3;1-2H2;2*1H2/b;;7-6-;;;;. The Morgan fingerprint density at radius 2 is 1.26 bits per heavy atom. The van der Waals surface area contributed by atoms with Crippen molar-refractivity contribution in [1.29, 1.82) is 0 Å². The van der Waals surface area contributed by atoms with E-state index in [9.17, 15) is 0 Å². The molecule has 1 atom stereocenters. The number of hydrogen-bond acceptors (Lipinski definition) is 2. The van der Waals surface area contributed by atoms with Crippen molar-refractivity contribution in [1.82, 2.24) is 0 Å². The van der Waals surface area contributed by atoms with Crippen LogP contribution in [-0.2, 0) is 16.0 Å². The Morgan fingerprint density at radius 3 is 1.61 bits per heavy atom. The van der Waals surface area contributed by atoms with Crippen molar-refractivity contribution in [3.8, 4) is 0 Å². The van der Waals surface area contributed by atoms with Crippen molar-refractivity contribution in [3.63, 3.8) is 0 Å². The van der Waals surface area contributed by atoms with Gasteiger partial charge >= 0.3 is 0 Å². The fraction of sp³-hybridized carbons (Fsp3) is 0.389. The summed E-state index contributed by atoms with van der Waals surface area (Å²) in [6.07, 6.45) is 14.0. The zero-order valence-corrected chi connectivity index (χ0v) is 25.4. The summed E-state index contributed by atoms with van der Waals surface area (Å²) in [7, 11) is 0. The maximum Gasteiger partial charge on any atom is 0.106 e. The largest absolute Gasteiger partial charge is 0.307 e. The number of aryl methyl sites for hydroxylation is 2. The van der Waals surface area contributed by atoms with Gasteiger partial charge in [0.2, 0.25) is 0 Å². The first-order chi connectivity index (χ1) is 18.5. The summed E-state index contributed by atoms with van der Waals surface area (Å²) in [6.45, 7) is 29.8. The van der Waals surface area contributed by atoms with Gasteiger partial charge in [0.15, 0.2) is 0 Å². The van der Waals surface area contributed by atoms with E-state index in [0.29, 0.717) is 0 Å². The fourth-order valence-corrected chi connectivity index (χ4v) is 3.75. The average molecular weight is 521 g/mol. The van der Waals surface area contributed by atoms with E-state index >= 15 is 0 Å². The van der Waals surface area contributed by atoms with E-state index < -0.39 is 0 Å². The molecular formula is C36H56O2. The second kappa shape index (κ2) is 33.7. The molecule has 0 aromatic heterocycles. The van der Waals surface area contributed by atoms with E-state index in [1.807, 2.05) is 58.6 Å². The first-order valence-corrected chi connectivity index (χ1v) is 13.5. The lowest BCUT2D eigenvalue weighted by molar-refractivity contribution is -0.0987. The molecule has 1 aliphatic carbocycles. The van der Waals surface area contributed by atoms with Crippen molar-refractivity contribution < 1.29 is 9.59 Å². The number of hydrogen-bond donors (Lipinski definition) is 0. The molecular weight excluding hydrogens is 464 g/mol. The normalized spacial score (nSPS) is 12.3. The number of benzene rings is 2. The molecule has 0 spiro atoms. The number of carbonyl (C=O) groups is 2. The molecule has 0 amide bonds. The van der Waals surface area contributed by atoms with Crippen LogP contribution < -0.4 is 0 Å². The summed E-state index contributed by atoms with van der Waals surface area (Å²) < 4.78 is 0. The van der Waals surface area contributed by atoms with Gasteiger partial charge in [-0.1, -0.05) is 156 Å². The van der Waals surface area contributed by atoms with Gasteiger partial charge in [-0.2, -0.15) is 0 Å². The average Bonchev–Trinajstić information content (AvgIpc) is 3.00. The Balaban J connectivity index is -0.000000222. The third-order valence-corrected chi connectivity index (χ3v) is 5.78. The minimum Gasteiger partial charge on any atom is -0.307 e. The second-order valence-electron chi connectivity index (χ2n) is 8.57. The predicted molar refractivity (Wildman–Crippen MR) is 173 cm³/mol. The van der Waals surface area contributed by atoms with Crippen LogP contribution in [0, 0.1) is 25.7 Å². The van der Waals surface area contributed by atoms with E-state index in [0.717, 1.165) is 17.4 Å². The molecule has 0 N–H and O–H groups in total. The van der Waals surface area contributed by atoms with E-state index in [1.165, 1.54) is 55.2 Å². The Morgan fingerprint density at radius 1 is 0.816 bits per heavy atom. The number of rotatable bonds is 5. The molecule has 1 unspecified atom stereocenters. The first-order valence-electron chi connectivity index (χ1n) is 13.5. The second-order valence-corrected chi connectivity index (χ2v) is 8.57. The van der Waals surface area contributed by atoms with Crippen LogP contribution in [-0.4, -0.2) is 13.6 Å². The van der Waals surface area contributed by atoms with Crippen molar-refractivity contribution in [2.45, 2.75) is 80.1 Å². The summed E-state index contributed by atoms with van der Waals surface area (Å²) in [5, 5.41) is 0. The highest BCUT2D eigenvalue weighted by Crippen LogP contribution is 2.31. The van der Waals surface area contributed by atoms with Crippen molar-refractivity contribution in [3.05, 3.63) is 121 Å². The molecule has 0 saturated heterocycles. The third kappa shape index (κ3) is 25.8. The lowest BCUT2D eigenvalue weighted by Gasteiger charge is -2.27. The number of carbonyl (C=O) groups excluding carboxylic acids is 2. The van der Waals surface area contributed by atoms with Crippen LogP contribution in [0.15, 0.2) is 105 Å². The molecule has 2 heteroatoms. The van der Waals surface area contributed by atoms with Crippen LogP contribution in [0.1, 0.15) is 76.5 Å². The van der Waals surface area contributed by atoms with Gasteiger partial charge in [0.05, 0.1) is 0 Å². The van der Waals surface area contributed by atoms with E-state index in [-0.39, 0.29) is 0 Å². The molecule has 1 fully saturated rings. The minimum absolute atomic E-state index is 0.864. The van der Waals surface area contributed by atoms with Crippen LogP contribution in [0.5, 0.6) is 0 Å². The van der Waals surface area contributed by atoms with E-state index in [1.54, 1.807) is 12.2 Å². The molecule has 2 nitrogen and oxygen atoms in total. The fourth-order valence-electron chi connectivity index (χ4n) is 3.75.